The molecule has 5 aliphatic carbocycles. The highest BCUT2D eigenvalue weighted by Crippen LogP contribution is 2.70. The van der Waals surface area contributed by atoms with Gasteiger partial charge in [-0.1, -0.05) is 115 Å². The molecule has 272 valence electrons. The van der Waals surface area contributed by atoms with E-state index in [-0.39, 0.29) is 5.41 Å². The van der Waals surface area contributed by atoms with Crippen molar-refractivity contribution >= 4 is 32.7 Å². The average Bonchev–Trinajstić information content (AvgIpc) is 3.78. The molecule has 4 nitrogen and oxygen atoms in total. The summed E-state index contributed by atoms with van der Waals surface area (Å²) in [6.07, 6.45) is 7.02. The summed E-state index contributed by atoms with van der Waals surface area (Å²) in [7, 11) is 0. The van der Waals surface area contributed by atoms with Crippen LogP contribution in [0.25, 0.3) is 89.1 Å². The lowest BCUT2D eigenvalue weighted by Crippen LogP contribution is -2.55. The van der Waals surface area contributed by atoms with E-state index < -0.39 is 0 Å². The average molecular weight is 734 g/mol. The van der Waals surface area contributed by atoms with E-state index >= 15 is 0 Å². The lowest BCUT2D eigenvalue weighted by atomic mass is 9.43. The van der Waals surface area contributed by atoms with Gasteiger partial charge < -0.3 is 4.42 Å². The number of aromatic nitrogens is 3. The number of fused-ring (bicyclic) bond motifs is 7. The van der Waals surface area contributed by atoms with Crippen LogP contribution in [0.15, 0.2) is 156 Å². The van der Waals surface area contributed by atoms with Crippen molar-refractivity contribution in [3.8, 4) is 56.4 Å². The summed E-state index contributed by atoms with van der Waals surface area (Å²) in [6.45, 7) is 0. The molecule has 4 fully saturated rings. The Hall–Kier alpha value is -6.39. The molecule has 0 radical (unpaired) electrons. The van der Waals surface area contributed by atoms with Gasteiger partial charge in [0, 0.05) is 32.9 Å². The summed E-state index contributed by atoms with van der Waals surface area (Å²) in [4.78, 5) is 15.1. The molecule has 7 aromatic carbocycles. The zero-order valence-corrected chi connectivity index (χ0v) is 31.5. The van der Waals surface area contributed by atoms with Crippen molar-refractivity contribution < 1.29 is 4.42 Å². The van der Waals surface area contributed by atoms with Crippen molar-refractivity contribution in [1.29, 1.82) is 0 Å². The third kappa shape index (κ3) is 4.58. The summed E-state index contributed by atoms with van der Waals surface area (Å²) in [6, 6.07) is 54.7. The first-order chi connectivity index (χ1) is 28.2. The molecule has 4 saturated carbocycles. The van der Waals surface area contributed by atoms with Gasteiger partial charge in [0.15, 0.2) is 17.5 Å². The predicted octanol–water partition coefficient (Wildman–Crippen LogP) is 13.3. The highest BCUT2D eigenvalue weighted by Gasteiger charge is 2.61. The van der Waals surface area contributed by atoms with Crippen molar-refractivity contribution in [2.45, 2.75) is 37.5 Å². The van der Waals surface area contributed by atoms with Gasteiger partial charge in [-0.25, -0.2) is 15.0 Å². The second-order valence-electron chi connectivity index (χ2n) is 17.2. The van der Waals surface area contributed by atoms with Gasteiger partial charge in [-0.15, -0.1) is 0 Å². The first-order valence-corrected chi connectivity index (χ1v) is 20.7. The van der Waals surface area contributed by atoms with Gasteiger partial charge in [0.05, 0.1) is 0 Å². The Labute approximate surface area is 331 Å². The number of hydrogen-bond acceptors (Lipinski definition) is 4. The van der Waals surface area contributed by atoms with E-state index in [2.05, 4.69) is 133 Å². The zero-order chi connectivity index (χ0) is 37.2. The molecule has 0 unspecified atom stereocenters. The third-order valence-corrected chi connectivity index (χ3v) is 14.3. The van der Waals surface area contributed by atoms with Gasteiger partial charge >= 0.3 is 0 Å². The smallest absolute Gasteiger partial charge is 0.164 e. The zero-order valence-electron chi connectivity index (χ0n) is 31.5. The van der Waals surface area contributed by atoms with Gasteiger partial charge in [-0.05, 0) is 136 Å². The first kappa shape index (κ1) is 31.8. The highest BCUT2D eigenvalue weighted by atomic mass is 16.3. The molecule has 0 aliphatic heterocycles. The SMILES string of the molecule is c1ccc(-c2nc(-c3ccc4ccccc4c3)nc(-c3ccc4oc5cc(-c6cccc7c6-c6ccccc6C76C7CC8CC(C7)CC6C8)ccc5c4c3)n2)cc1. The van der Waals surface area contributed by atoms with Crippen LogP contribution in [0.2, 0.25) is 0 Å². The highest BCUT2D eigenvalue weighted by molar-refractivity contribution is 6.08. The van der Waals surface area contributed by atoms with Crippen molar-refractivity contribution in [3.05, 3.63) is 163 Å². The van der Waals surface area contributed by atoms with E-state index in [0.29, 0.717) is 17.5 Å². The van der Waals surface area contributed by atoms with Crippen molar-refractivity contribution in [2.75, 3.05) is 0 Å². The molecule has 5 aliphatic rings. The van der Waals surface area contributed by atoms with Gasteiger partial charge in [0.1, 0.15) is 11.2 Å². The molecule has 0 saturated heterocycles. The first-order valence-electron chi connectivity index (χ1n) is 20.7. The monoisotopic (exact) mass is 733 g/mol. The third-order valence-electron chi connectivity index (χ3n) is 14.3. The fraction of sp³-hybridized carbons (Fsp3) is 0.189. The Morgan fingerprint density at radius 2 is 1.05 bits per heavy atom. The molecular weight excluding hydrogens is 695 g/mol. The molecule has 57 heavy (non-hydrogen) atoms. The minimum atomic E-state index is 0.152. The number of furan rings is 1. The van der Waals surface area contributed by atoms with Crippen LogP contribution >= 0.6 is 0 Å². The molecule has 0 N–H and O–H groups in total. The van der Waals surface area contributed by atoms with Crippen LogP contribution in [-0.4, -0.2) is 15.0 Å². The Balaban J connectivity index is 0.931. The van der Waals surface area contributed by atoms with E-state index in [1.165, 1.54) is 59.7 Å². The van der Waals surface area contributed by atoms with Crippen LogP contribution in [0.5, 0.6) is 0 Å². The van der Waals surface area contributed by atoms with Gasteiger partial charge in [-0.2, -0.15) is 0 Å². The fourth-order valence-corrected chi connectivity index (χ4v) is 12.2. The van der Waals surface area contributed by atoms with E-state index in [9.17, 15) is 0 Å². The van der Waals surface area contributed by atoms with Crippen molar-refractivity contribution in [3.63, 3.8) is 0 Å². The Morgan fingerprint density at radius 1 is 0.421 bits per heavy atom. The topological polar surface area (TPSA) is 51.8 Å². The van der Waals surface area contributed by atoms with Crippen LogP contribution in [0.1, 0.15) is 43.2 Å². The van der Waals surface area contributed by atoms with Gasteiger partial charge in [0.25, 0.3) is 0 Å². The minimum Gasteiger partial charge on any atom is -0.456 e. The maximum atomic E-state index is 6.66. The number of rotatable bonds is 4. The molecule has 14 rings (SSSR count). The lowest BCUT2D eigenvalue weighted by Gasteiger charge is -2.61. The molecular formula is C53H39N3O. The summed E-state index contributed by atoms with van der Waals surface area (Å²) in [5.74, 6) is 5.28. The summed E-state index contributed by atoms with van der Waals surface area (Å²) >= 11 is 0. The van der Waals surface area contributed by atoms with Crippen LogP contribution in [0.4, 0.5) is 0 Å². The molecule has 4 bridgehead atoms. The van der Waals surface area contributed by atoms with Crippen LogP contribution < -0.4 is 0 Å². The van der Waals surface area contributed by atoms with Crippen LogP contribution in [0.3, 0.4) is 0 Å². The van der Waals surface area contributed by atoms with E-state index in [1.54, 1.807) is 11.1 Å². The minimum absolute atomic E-state index is 0.152. The Morgan fingerprint density at radius 3 is 1.86 bits per heavy atom. The van der Waals surface area contributed by atoms with E-state index in [1.807, 2.05) is 18.2 Å². The van der Waals surface area contributed by atoms with E-state index in [4.69, 9.17) is 19.4 Å². The Kier molecular flexibility index (Phi) is 6.59. The fourth-order valence-electron chi connectivity index (χ4n) is 12.2. The normalized spacial score (nSPS) is 22.8. The number of hydrogen-bond donors (Lipinski definition) is 0. The van der Waals surface area contributed by atoms with E-state index in [0.717, 1.165) is 67.7 Å². The quantitative estimate of drug-likeness (QED) is 0.181. The van der Waals surface area contributed by atoms with Crippen molar-refractivity contribution in [2.24, 2.45) is 23.7 Å². The molecule has 0 atom stereocenters. The van der Waals surface area contributed by atoms with Gasteiger partial charge in [0.2, 0.25) is 0 Å². The largest absolute Gasteiger partial charge is 0.456 e. The number of nitrogens with zero attached hydrogens (tertiary/aromatic N) is 3. The summed E-state index contributed by atoms with van der Waals surface area (Å²) in [5.41, 5.74) is 13.3. The van der Waals surface area contributed by atoms with Crippen LogP contribution in [-0.2, 0) is 5.41 Å². The standard InChI is InChI=1S/C53H39N3O/c1-2-10-34(11-3-1)50-54-51(37-18-17-33-9-4-5-12-35(33)28-37)56-52(55-50)38-20-22-47-44(29-38)42-21-19-36(30-48(42)57-47)41-14-8-16-46-49(41)43-13-6-7-15-45(43)53(46)39-24-31-23-32(26-39)27-40(53)25-31/h1-22,28-32,39-40H,23-27H2. The predicted molar refractivity (Wildman–Crippen MR) is 230 cm³/mol. The molecule has 9 aromatic rings. The molecule has 2 aromatic heterocycles. The maximum absolute atomic E-state index is 6.66. The summed E-state index contributed by atoms with van der Waals surface area (Å²) < 4.78 is 6.66. The number of benzene rings is 7. The molecule has 4 heteroatoms. The van der Waals surface area contributed by atoms with Crippen LogP contribution in [0, 0.1) is 23.7 Å². The molecule has 0 amide bonds. The lowest BCUT2D eigenvalue weighted by molar-refractivity contribution is -0.0399. The van der Waals surface area contributed by atoms with Gasteiger partial charge in [-0.3, -0.25) is 0 Å². The maximum Gasteiger partial charge on any atom is 0.164 e. The summed E-state index contributed by atoms with van der Waals surface area (Å²) in [5, 5.41) is 4.49. The molecule has 1 spiro atoms. The second kappa shape index (κ2) is 11.8. The van der Waals surface area contributed by atoms with Crippen molar-refractivity contribution in [1.82, 2.24) is 15.0 Å². The molecule has 2 heterocycles. The Bertz CT molecular complexity index is 3080. The second-order valence-corrected chi connectivity index (χ2v) is 17.2.